The van der Waals surface area contributed by atoms with Gasteiger partial charge in [0.05, 0.1) is 11.3 Å². The number of fused-ring (bicyclic) bond motifs is 3. The maximum Gasteiger partial charge on any atom is 0.180 e. The molecule has 0 saturated carbocycles. The molecular formula is C18H17N3O2. The van der Waals surface area contributed by atoms with E-state index in [9.17, 15) is 9.59 Å². The molecule has 1 atom stereocenters. The number of para-hydroxylation sites is 1. The molecule has 1 unspecified atom stereocenters. The molecule has 5 heteroatoms. The Bertz CT molecular complexity index is 948. The number of imidazole rings is 1. The highest BCUT2D eigenvalue weighted by Gasteiger charge is 2.37. The van der Waals surface area contributed by atoms with Crippen molar-refractivity contribution in [1.82, 2.24) is 14.1 Å². The molecule has 0 radical (unpaired) electrons. The second-order valence-electron chi connectivity index (χ2n) is 6.12. The maximum absolute atomic E-state index is 13.0. The Morgan fingerprint density at radius 1 is 1.26 bits per heavy atom. The predicted octanol–water partition coefficient (Wildman–Crippen LogP) is 2.77. The van der Waals surface area contributed by atoms with Gasteiger partial charge in [-0.15, -0.1) is 0 Å². The van der Waals surface area contributed by atoms with Crippen LogP contribution in [0.25, 0.3) is 10.9 Å². The van der Waals surface area contributed by atoms with E-state index in [1.165, 1.54) is 0 Å². The zero-order valence-electron chi connectivity index (χ0n) is 13.1. The Morgan fingerprint density at radius 2 is 2.04 bits per heavy atom. The van der Waals surface area contributed by atoms with Gasteiger partial charge in [-0.3, -0.25) is 9.59 Å². The lowest BCUT2D eigenvalue weighted by Crippen LogP contribution is -2.30. The van der Waals surface area contributed by atoms with Crippen LogP contribution in [-0.4, -0.2) is 25.7 Å². The van der Waals surface area contributed by atoms with Gasteiger partial charge in [0, 0.05) is 49.2 Å². The highest BCUT2D eigenvalue weighted by atomic mass is 16.1. The molecule has 0 amide bonds. The minimum atomic E-state index is -0.325. The van der Waals surface area contributed by atoms with Gasteiger partial charge in [0.15, 0.2) is 11.6 Å². The predicted molar refractivity (Wildman–Crippen MR) is 86.7 cm³/mol. The van der Waals surface area contributed by atoms with Crippen LogP contribution >= 0.6 is 0 Å². The van der Waals surface area contributed by atoms with Crippen molar-refractivity contribution in [3.05, 3.63) is 53.7 Å². The van der Waals surface area contributed by atoms with Gasteiger partial charge in [-0.25, -0.2) is 4.98 Å². The molecule has 5 nitrogen and oxygen atoms in total. The minimum absolute atomic E-state index is 0.0427. The molecule has 2 heterocycles. The molecule has 23 heavy (non-hydrogen) atoms. The molecule has 4 rings (SSSR count). The SMILES string of the molecule is Cc1nccn1CC1CC(=O)c2c(c3ccccc3n2C)C1=O. The largest absolute Gasteiger partial charge is 0.341 e. The molecule has 0 N–H and O–H groups in total. The van der Waals surface area contributed by atoms with Crippen LogP contribution in [0.3, 0.4) is 0 Å². The average molecular weight is 307 g/mol. The smallest absolute Gasteiger partial charge is 0.180 e. The molecule has 0 aliphatic heterocycles. The van der Waals surface area contributed by atoms with Gasteiger partial charge < -0.3 is 9.13 Å². The number of ketones is 2. The normalized spacial score (nSPS) is 17.7. The first-order chi connectivity index (χ1) is 11.1. The number of hydrogen-bond donors (Lipinski definition) is 0. The van der Waals surface area contributed by atoms with Crippen molar-refractivity contribution in [3.8, 4) is 0 Å². The van der Waals surface area contributed by atoms with Crippen molar-refractivity contribution < 1.29 is 9.59 Å². The van der Waals surface area contributed by atoms with Crippen LogP contribution in [0.5, 0.6) is 0 Å². The van der Waals surface area contributed by atoms with Gasteiger partial charge >= 0.3 is 0 Å². The third-order valence-corrected chi connectivity index (χ3v) is 4.76. The van der Waals surface area contributed by atoms with Gasteiger partial charge in [-0.2, -0.15) is 0 Å². The van der Waals surface area contributed by atoms with E-state index in [1.54, 1.807) is 6.20 Å². The molecule has 1 aromatic carbocycles. The number of carbonyl (C=O) groups excluding carboxylic acids is 2. The Kier molecular flexibility index (Phi) is 2.98. The number of Topliss-reactive ketones (excluding diaryl/α,β-unsaturated/α-hetero) is 2. The molecule has 116 valence electrons. The zero-order chi connectivity index (χ0) is 16.1. The first kappa shape index (κ1) is 13.9. The Labute approximate surface area is 133 Å². The van der Waals surface area contributed by atoms with Gasteiger partial charge in [0.25, 0.3) is 0 Å². The Hall–Kier alpha value is -2.69. The number of hydrogen-bond acceptors (Lipinski definition) is 3. The number of aromatic nitrogens is 3. The summed E-state index contributed by atoms with van der Waals surface area (Å²) in [5, 5.41) is 0.871. The molecule has 0 fully saturated rings. The lowest BCUT2D eigenvalue weighted by molar-refractivity contribution is 0.0806. The van der Waals surface area contributed by atoms with E-state index in [0.717, 1.165) is 16.7 Å². The number of rotatable bonds is 2. The fourth-order valence-electron chi connectivity index (χ4n) is 3.57. The van der Waals surface area contributed by atoms with Crippen LogP contribution < -0.4 is 0 Å². The van der Waals surface area contributed by atoms with Crippen LogP contribution in [0.15, 0.2) is 36.7 Å². The van der Waals surface area contributed by atoms with Crippen molar-refractivity contribution >= 4 is 22.5 Å². The monoisotopic (exact) mass is 307 g/mol. The quantitative estimate of drug-likeness (QED) is 0.731. The summed E-state index contributed by atoms with van der Waals surface area (Å²) in [6, 6.07) is 7.70. The summed E-state index contributed by atoms with van der Waals surface area (Å²) in [6.07, 6.45) is 3.83. The van der Waals surface area contributed by atoms with Crippen LogP contribution in [-0.2, 0) is 13.6 Å². The summed E-state index contributed by atoms with van der Waals surface area (Å²) >= 11 is 0. The van der Waals surface area contributed by atoms with Gasteiger partial charge in [-0.05, 0) is 13.0 Å². The lowest BCUT2D eigenvalue weighted by atomic mass is 9.84. The summed E-state index contributed by atoms with van der Waals surface area (Å²) < 4.78 is 3.79. The van der Waals surface area contributed by atoms with Crippen LogP contribution in [0.2, 0.25) is 0 Å². The highest BCUT2D eigenvalue weighted by molar-refractivity contribution is 6.21. The number of aryl methyl sites for hydroxylation is 2. The highest BCUT2D eigenvalue weighted by Crippen LogP contribution is 2.34. The standard InChI is InChI=1S/C18H17N3O2/c1-11-19-7-8-21(11)10-12-9-15(22)17-16(18(12)23)13-5-3-4-6-14(13)20(17)2/h3-8,12H,9-10H2,1-2H3. The molecule has 2 aromatic heterocycles. The van der Waals surface area contributed by atoms with Crippen molar-refractivity contribution in [2.24, 2.45) is 13.0 Å². The molecule has 1 aliphatic rings. The van der Waals surface area contributed by atoms with E-state index in [2.05, 4.69) is 4.98 Å². The average Bonchev–Trinajstić information content (AvgIpc) is 3.07. The Balaban J connectivity index is 1.83. The van der Waals surface area contributed by atoms with E-state index in [4.69, 9.17) is 0 Å². The lowest BCUT2D eigenvalue weighted by Gasteiger charge is -2.22. The van der Waals surface area contributed by atoms with Crippen LogP contribution in [0, 0.1) is 12.8 Å². The van der Waals surface area contributed by atoms with Crippen molar-refractivity contribution in [2.75, 3.05) is 0 Å². The van der Waals surface area contributed by atoms with Gasteiger partial charge in [-0.1, -0.05) is 18.2 Å². The summed E-state index contributed by atoms with van der Waals surface area (Å²) in [4.78, 5) is 29.9. The van der Waals surface area contributed by atoms with Crippen LogP contribution in [0.1, 0.15) is 33.1 Å². The van der Waals surface area contributed by atoms with E-state index in [0.29, 0.717) is 17.8 Å². The summed E-state index contributed by atoms with van der Waals surface area (Å²) in [6.45, 7) is 2.40. The second-order valence-corrected chi connectivity index (χ2v) is 6.12. The van der Waals surface area contributed by atoms with Crippen molar-refractivity contribution in [2.45, 2.75) is 19.9 Å². The molecule has 0 bridgehead atoms. The summed E-state index contributed by atoms with van der Waals surface area (Å²) in [5.74, 6) is 0.633. The van der Waals surface area contributed by atoms with E-state index < -0.39 is 0 Å². The molecule has 0 saturated heterocycles. The maximum atomic E-state index is 13.0. The van der Waals surface area contributed by atoms with Gasteiger partial charge in [0.1, 0.15) is 5.82 Å². The second kappa shape index (κ2) is 4.91. The fourth-order valence-corrected chi connectivity index (χ4v) is 3.57. The summed E-state index contributed by atoms with van der Waals surface area (Å²) in [7, 11) is 1.85. The van der Waals surface area contributed by atoms with E-state index >= 15 is 0 Å². The molecule has 1 aliphatic carbocycles. The topological polar surface area (TPSA) is 56.9 Å². The third kappa shape index (κ3) is 1.96. The fraction of sp³-hybridized carbons (Fsp3) is 0.278. The number of nitrogens with zero attached hydrogens (tertiary/aromatic N) is 3. The molecular weight excluding hydrogens is 290 g/mol. The minimum Gasteiger partial charge on any atom is -0.341 e. The van der Waals surface area contributed by atoms with Crippen molar-refractivity contribution in [1.29, 1.82) is 0 Å². The molecule has 0 spiro atoms. The van der Waals surface area contributed by atoms with Gasteiger partial charge in [0.2, 0.25) is 0 Å². The number of carbonyl (C=O) groups is 2. The molecule has 3 aromatic rings. The van der Waals surface area contributed by atoms with E-state index in [-0.39, 0.29) is 23.9 Å². The third-order valence-electron chi connectivity index (χ3n) is 4.76. The zero-order valence-corrected chi connectivity index (χ0v) is 13.1. The summed E-state index contributed by atoms with van der Waals surface area (Å²) in [5.41, 5.74) is 2.07. The first-order valence-electron chi connectivity index (χ1n) is 7.70. The van der Waals surface area contributed by atoms with Crippen molar-refractivity contribution in [3.63, 3.8) is 0 Å². The first-order valence-corrected chi connectivity index (χ1v) is 7.70. The van der Waals surface area contributed by atoms with Crippen LogP contribution in [0.4, 0.5) is 0 Å². The Morgan fingerprint density at radius 3 is 2.78 bits per heavy atom. The number of benzene rings is 1. The van der Waals surface area contributed by atoms with E-state index in [1.807, 2.05) is 53.6 Å².